The minimum absolute atomic E-state index is 0.210. The SMILES string of the molecule is CCCCNC1=C(/C=C/C2=[N+](CCC[N+](C)(C)C)c3ccc(S(=O)(=O)[O-])cc3C2(C)C)CCC/C1=C\C=C1\N(CCC[N+](C)(C)C)c2ccc(S(=O)(=O)[O-])cc2C1(C)C. The van der Waals surface area contributed by atoms with Crippen LogP contribution in [0.3, 0.4) is 0 Å². The Morgan fingerprint density at radius 1 is 0.780 bits per heavy atom. The zero-order valence-corrected chi connectivity index (χ0v) is 38.9. The summed E-state index contributed by atoms with van der Waals surface area (Å²) in [6.07, 6.45) is 15.5. The smallest absolute Gasteiger partial charge is 0.209 e. The fourth-order valence-corrected chi connectivity index (χ4v) is 9.74. The van der Waals surface area contributed by atoms with Crippen molar-refractivity contribution >= 4 is 37.3 Å². The highest BCUT2D eigenvalue weighted by atomic mass is 32.2. The van der Waals surface area contributed by atoms with E-state index in [9.17, 15) is 25.9 Å². The topological polar surface area (TPSA) is 133 Å². The number of nitrogens with zero attached hydrogens (tertiary/aromatic N) is 4. The number of benzene rings is 2. The second-order valence-electron chi connectivity index (χ2n) is 19.6. The highest BCUT2D eigenvalue weighted by molar-refractivity contribution is 7.86. The lowest BCUT2D eigenvalue weighted by atomic mass is 9.81. The third-order valence-corrected chi connectivity index (χ3v) is 13.6. The molecule has 11 nitrogen and oxygen atoms in total. The zero-order valence-electron chi connectivity index (χ0n) is 37.3. The molecule has 1 N–H and O–H groups in total. The second-order valence-corrected chi connectivity index (χ2v) is 22.3. The maximum absolute atomic E-state index is 12.1. The Labute approximate surface area is 355 Å². The van der Waals surface area contributed by atoms with E-state index in [1.807, 2.05) is 0 Å². The number of hydrogen-bond donors (Lipinski definition) is 1. The van der Waals surface area contributed by atoms with Crippen molar-refractivity contribution in [3.63, 3.8) is 0 Å². The summed E-state index contributed by atoms with van der Waals surface area (Å²) in [6, 6.07) is 9.56. The fraction of sp³-hybridized carbons (Fsp3) is 0.543. The molecule has 0 bridgehead atoms. The van der Waals surface area contributed by atoms with Crippen LogP contribution in [0.2, 0.25) is 0 Å². The molecule has 0 radical (unpaired) electrons. The summed E-state index contributed by atoms with van der Waals surface area (Å²) in [4.78, 5) is 1.88. The van der Waals surface area contributed by atoms with Crippen molar-refractivity contribution in [1.29, 1.82) is 0 Å². The van der Waals surface area contributed by atoms with Crippen molar-refractivity contribution in [3.05, 3.63) is 94.4 Å². The first kappa shape index (κ1) is 46.5. The number of allylic oxidation sites excluding steroid dienone is 7. The van der Waals surface area contributed by atoms with E-state index in [2.05, 4.69) is 116 Å². The molecular formula is C46H68N5O6S2+. The van der Waals surface area contributed by atoms with Gasteiger partial charge >= 0.3 is 0 Å². The minimum Gasteiger partial charge on any atom is -0.744 e. The van der Waals surface area contributed by atoms with Gasteiger partial charge < -0.3 is 28.3 Å². The number of quaternary nitrogens is 2. The molecule has 0 amide bonds. The van der Waals surface area contributed by atoms with E-state index < -0.39 is 31.1 Å². The van der Waals surface area contributed by atoms with Crippen molar-refractivity contribution in [2.45, 2.75) is 100 Å². The number of unbranched alkanes of at least 4 members (excludes halogenated alkanes) is 1. The molecule has 1 aliphatic carbocycles. The van der Waals surface area contributed by atoms with Gasteiger partial charge in [0.25, 0.3) is 0 Å². The van der Waals surface area contributed by atoms with Gasteiger partial charge in [0.15, 0.2) is 12.3 Å². The molecule has 2 heterocycles. The summed E-state index contributed by atoms with van der Waals surface area (Å²) in [5, 5.41) is 3.81. The van der Waals surface area contributed by atoms with E-state index in [1.165, 1.54) is 23.3 Å². The lowest BCUT2D eigenvalue weighted by molar-refractivity contribution is -0.871. The van der Waals surface area contributed by atoms with Gasteiger partial charge in [0.2, 0.25) is 5.69 Å². The Kier molecular flexibility index (Phi) is 13.7. The Balaban J connectivity index is 1.60. The quantitative estimate of drug-likeness (QED) is 0.0776. The highest BCUT2D eigenvalue weighted by Gasteiger charge is 2.45. The van der Waals surface area contributed by atoms with Crippen molar-refractivity contribution in [1.82, 2.24) is 5.32 Å². The highest BCUT2D eigenvalue weighted by Crippen LogP contribution is 2.49. The van der Waals surface area contributed by atoms with Crippen molar-refractivity contribution in [2.24, 2.45) is 0 Å². The number of fused-ring (bicyclic) bond motifs is 2. The predicted molar refractivity (Wildman–Crippen MR) is 236 cm³/mol. The first-order chi connectivity index (χ1) is 27.3. The summed E-state index contributed by atoms with van der Waals surface area (Å²) >= 11 is 0. The van der Waals surface area contributed by atoms with Gasteiger partial charge in [-0.2, -0.15) is 4.58 Å². The van der Waals surface area contributed by atoms with Gasteiger partial charge in [0, 0.05) is 59.7 Å². The molecule has 324 valence electrons. The zero-order chi connectivity index (χ0) is 43.8. The van der Waals surface area contributed by atoms with E-state index in [1.54, 1.807) is 24.3 Å². The third kappa shape index (κ3) is 10.8. The maximum Gasteiger partial charge on any atom is 0.209 e. The van der Waals surface area contributed by atoms with Gasteiger partial charge in [-0.15, -0.1) is 0 Å². The molecule has 2 aromatic rings. The molecule has 5 rings (SSSR count). The van der Waals surface area contributed by atoms with Gasteiger partial charge in [-0.1, -0.05) is 39.3 Å². The maximum atomic E-state index is 12.1. The molecule has 0 saturated heterocycles. The van der Waals surface area contributed by atoms with Gasteiger partial charge in [0.1, 0.15) is 20.2 Å². The monoisotopic (exact) mass is 850 g/mol. The lowest BCUT2D eigenvalue weighted by Gasteiger charge is -2.29. The predicted octanol–water partition coefficient (Wildman–Crippen LogP) is 7.06. The minimum atomic E-state index is -4.62. The van der Waals surface area contributed by atoms with Crippen LogP contribution in [0.25, 0.3) is 0 Å². The summed E-state index contributed by atoms with van der Waals surface area (Å²) in [5.41, 5.74) is 8.04. The van der Waals surface area contributed by atoms with Crippen LogP contribution in [0.4, 0.5) is 11.4 Å². The molecule has 59 heavy (non-hydrogen) atoms. The summed E-state index contributed by atoms with van der Waals surface area (Å²) in [7, 11) is 3.81. The fourth-order valence-electron chi connectivity index (χ4n) is 8.74. The first-order valence-electron chi connectivity index (χ1n) is 21.1. The Morgan fingerprint density at radius 3 is 2.00 bits per heavy atom. The van der Waals surface area contributed by atoms with Gasteiger partial charge in [-0.05, 0) is 92.6 Å². The molecule has 0 aromatic heterocycles. The van der Waals surface area contributed by atoms with E-state index in [4.69, 9.17) is 0 Å². The van der Waals surface area contributed by atoms with Crippen molar-refractivity contribution in [2.75, 3.05) is 79.9 Å². The first-order valence-corrected chi connectivity index (χ1v) is 23.9. The van der Waals surface area contributed by atoms with E-state index >= 15 is 0 Å². The van der Waals surface area contributed by atoms with Gasteiger partial charge in [-0.3, -0.25) is 0 Å². The molecule has 3 aliphatic rings. The molecule has 0 spiro atoms. The number of nitrogens with one attached hydrogen (secondary N) is 1. The summed E-state index contributed by atoms with van der Waals surface area (Å²) in [5.74, 6) is 0. The lowest BCUT2D eigenvalue weighted by Crippen LogP contribution is -2.37. The van der Waals surface area contributed by atoms with Gasteiger partial charge in [-0.25, -0.2) is 16.8 Å². The van der Waals surface area contributed by atoms with E-state index in [-0.39, 0.29) is 9.79 Å². The van der Waals surface area contributed by atoms with Crippen molar-refractivity contribution < 1.29 is 39.5 Å². The largest absolute Gasteiger partial charge is 0.744 e. The summed E-state index contributed by atoms with van der Waals surface area (Å²) < 4.78 is 76.7. The van der Waals surface area contributed by atoms with Crippen LogP contribution in [-0.4, -0.2) is 120 Å². The molecule has 0 atom stereocenters. The molecule has 2 aromatic carbocycles. The number of anilines is 1. The molecule has 2 aliphatic heterocycles. The number of rotatable bonds is 17. The number of hydrogen-bond acceptors (Lipinski definition) is 8. The van der Waals surface area contributed by atoms with Gasteiger partial charge in [0.05, 0.1) is 77.0 Å². The second kappa shape index (κ2) is 17.4. The summed E-state index contributed by atoms with van der Waals surface area (Å²) in [6.45, 7) is 14.8. The molecular weight excluding hydrogens is 783 g/mol. The Hall–Kier alpha value is -3.59. The van der Waals surface area contributed by atoms with Crippen LogP contribution in [0.5, 0.6) is 0 Å². The van der Waals surface area contributed by atoms with Crippen LogP contribution in [0, 0.1) is 0 Å². The van der Waals surface area contributed by atoms with Crippen LogP contribution < -0.4 is 10.2 Å². The standard InChI is InChI=1S/C46H67N5O6S2/c1-12-13-27-47-44-34(19-25-42-45(2,3)38-32-36(58(52,53)54)21-23-40(38)48(42)28-15-30-50(6,7)8)17-14-18-35(44)20-26-43-46(4,5)39-33-37(59(55,56)57)22-24-41(39)49(43)29-16-31-51(9,10)11/h19-26,32-33H,12-18,27-31H2,1-11H3/p+1/b34-19+,42-25+. The van der Waals surface area contributed by atoms with Crippen molar-refractivity contribution in [3.8, 4) is 0 Å². The van der Waals surface area contributed by atoms with Crippen LogP contribution >= 0.6 is 0 Å². The molecule has 13 heteroatoms. The molecule has 0 unspecified atom stereocenters. The Bertz CT molecular complexity index is 2300. The van der Waals surface area contributed by atoms with E-state index in [0.717, 1.165) is 126 Å². The normalized spacial score (nSPS) is 19.7. The molecule has 0 fully saturated rings. The Morgan fingerprint density at radius 2 is 1.39 bits per heavy atom. The van der Waals surface area contributed by atoms with Crippen LogP contribution in [-0.2, 0) is 31.1 Å². The van der Waals surface area contributed by atoms with E-state index in [0.29, 0.717) is 0 Å². The van der Waals surface area contributed by atoms with Crippen LogP contribution in [0.15, 0.2) is 93.0 Å². The average molecular weight is 851 g/mol. The third-order valence-electron chi connectivity index (χ3n) is 12.0. The van der Waals surface area contributed by atoms with Crippen LogP contribution in [0.1, 0.15) is 90.7 Å². The average Bonchev–Trinajstić information content (AvgIpc) is 3.46. The molecule has 0 saturated carbocycles.